The molecule has 1 aromatic heterocycles. The van der Waals surface area contributed by atoms with E-state index in [2.05, 4.69) is 15.3 Å². The van der Waals surface area contributed by atoms with Gasteiger partial charge in [0.25, 0.3) is 5.91 Å². The number of aryl methyl sites for hydroxylation is 1. The lowest BCUT2D eigenvalue weighted by Gasteiger charge is -2.44. The number of nitrogens with one attached hydrogen (secondary N) is 1. The van der Waals surface area contributed by atoms with Crippen LogP contribution in [0.3, 0.4) is 0 Å². The van der Waals surface area contributed by atoms with Crippen molar-refractivity contribution < 1.29 is 9.59 Å². The van der Waals surface area contributed by atoms with Crippen LogP contribution in [0.1, 0.15) is 40.7 Å². The van der Waals surface area contributed by atoms with Gasteiger partial charge in [0, 0.05) is 31.0 Å². The van der Waals surface area contributed by atoms with Crippen LogP contribution in [-0.4, -0.2) is 45.3 Å². The Morgan fingerprint density at radius 2 is 2.07 bits per heavy atom. The fourth-order valence-electron chi connectivity index (χ4n) is 4.25. The number of benzene rings is 1. The van der Waals surface area contributed by atoms with Gasteiger partial charge in [-0.15, -0.1) is 0 Å². The van der Waals surface area contributed by atoms with Gasteiger partial charge < -0.3 is 0 Å². The highest BCUT2D eigenvalue weighted by molar-refractivity contribution is 5.98. The van der Waals surface area contributed by atoms with Crippen molar-refractivity contribution in [1.29, 1.82) is 0 Å². The van der Waals surface area contributed by atoms with Gasteiger partial charge in [-0.25, -0.2) is 5.01 Å². The third-order valence-electron chi connectivity index (χ3n) is 5.46. The van der Waals surface area contributed by atoms with Crippen molar-refractivity contribution >= 4 is 11.8 Å². The summed E-state index contributed by atoms with van der Waals surface area (Å²) < 4.78 is 0. The molecule has 0 saturated carbocycles. The lowest BCUT2D eigenvalue weighted by atomic mass is 9.85. The number of carbonyl (C=O) groups is 2. The first-order valence-electron chi connectivity index (χ1n) is 9.38. The highest BCUT2D eigenvalue weighted by Crippen LogP contribution is 2.35. The van der Waals surface area contributed by atoms with Gasteiger partial charge in [0.15, 0.2) is 0 Å². The Balaban J connectivity index is 1.57. The van der Waals surface area contributed by atoms with E-state index in [1.54, 1.807) is 17.4 Å². The molecule has 2 aliphatic rings. The Morgan fingerprint density at radius 1 is 1.26 bits per heavy atom. The largest absolute Gasteiger partial charge is 0.297 e. The van der Waals surface area contributed by atoms with Gasteiger partial charge in [-0.1, -0.05) is 17.7 Å². The number of hydrogen-bond donors (Lipinski definition) is 1. The highest BCUT2D eigenvalue weighted by Gasteiger charge is 2.50. The third-order valence-corrected chi connectivity index (χ3v) is 5.46. The minimum absolute atomic E-state index is 0.0817. The fourth-order valence-corrected chi connectivity index (χ4v) is 4.25. The van der Waals surface area contributed by atoms with E-state index in [0.29, 0.717) is 18.5 Å². The average molecular weight is 364 g/mol. The van der Waals surface area contributed by atoms with Crippen molar-refractivity contribution in [2.75, 3.05) is 13.1 Å². The number of pyridine rings is 1. The number of carbonyl (C=O) groups excluding carboxylic acids is 2. The van der Waals surface area contributed by atoms with Crippen LogP contribution in [-0.2, 0) is 11.3 Å². The van der Waals surface area contributed by atoms with Crippen molar-refractivity contribution in [2.45, 2.75) is 38.3 Å². The molecule has 27 heavy (non-hydrogen) atoms. The molecule has 2 fully saturated rings. The van der Waals surface area contributed by atoms with E-state index in [1.807, 2.05) is 43.3 Å². The number of aromatic nitrogens is 1. The average Bonchev–Trinajstić information content (AvgIpc) is 2.97. The van der Waals surface area contributed by atoms with Crippen LogP contribution < -0.4 is 5.43 Å². The molecular weight excluding hydrogens is 340 g/mol. The minimum Gasteiger partial charge on any atom is -0.297 e. The van der Waals surface area contributed by atoms with E-state index in [-0.39, 0.29) is 11.8 Å². The maximum atomic E-state index is 13.2. The molecule has 2 aliphatic heterocycles. The van der Waals surface area contributed by atoms with Crippen LogP contribution in [0.2, 0.25) is 0 Å². The fraction of sp³-hybridized carbons (Fsp3) is 0.381. The molecule has 4 rings (SSSR count). The van der Waals surface area contributed by atoms with Crippen LogP contribution in [0.15, 0.2) is 48.8 Å². The molecule has 2 saturated heterocycles. The van der Waals surface area contributed by atoms with Gasteiger partial charge in [-0.05, 0) is 56.1 Å². The summed E-state index contributed by atoms with van der Waals surface area (Å²) in [6.45, 7) is 4.41. The Hall–Kier alpha value is -2.73. The second-order valence-corrected chi connectivity index (χ2v) is 7.62. The monoisotopic (exact) mass is 364 g/mol. The summed E-state index contributed by atoms with van der Waals surface area (Å²) in [6.07, 6.45) is 5.73. The van der Waals surface area contributed by atoms with Crippen molar-refractivity contribution in [1.82, 2.24) is 20.3 Å². The molecule has 1 unspecified atom stereocenters. The molecule has 140 valence electrons. The predicted molar refractivity (Wildman–Crippen MR) is 102 cm³/mol. The molecule has 1 spiro atoms. The lowest BCUT2D eigenvalue weighted by Crippen LogP contribution is -2.59. The first kappa shape index (κ1) is 17.7. The van der Waals surface area contributed by atoms with E-state index in [0.717, 1.165) is 31.5 Å². The van der Waals surface area contributed by atoms with Crippen molar-refractivity contribution in [3.63, 3.8) is 0 Å². The maximum absolute atomic E-state index is 13.2. The van der Waals surface area contributed by atoms with E-state index in [4.69, 9.17) is 0 Å². The molecule has 2 amide bonds. The summed E-state index contributed by atoms with van der Waals surface area (Å²) in [5.74, 6) is -0.211. The van der Waals surface area contributed by atoms with Crippen molar-refractivity contribution in [3.8, 4) is 0 Å². The predicted octanol–water partition coefficient (Wildman–Crippen LogP) is 2.30. The summed E-state index contributed by atoms with van der Waals surface area (Å²) in [5, 5.41) is 1.60. The van der Waals surface area contributed by atoms with Crippen LogP contribution in [0.25, 0.3) is 0 Å². The molecule has 0 aliphatic carbocycles. The molecule has 6 nitrogen and oxygen atoms in total. The molecule has 0 radical (unpaired) electrons. The maximum Gasteiger partial charge on any atom is 0.272 e. The van der Waals surface area contributed by atoms with Gasteiger partial charge >= 0.3 is 0 Å². The SMILES string of the molecule is Cc1cccc(C(=O)N2NC(=O)CC23CCCN(Cc2ccncc2)C3)c1. The standard InChI is InChI=1S/C21H24N4O2/c1-16-4-2-5-18(12-16)20(27)25-21(13-19(26)23-25)8-3-11-24(15-21)14-17-6-9-22-10-7-17/h2,4-7,9-10,12H,3,8,11,13-15H2,1H3,(H,23,26). The van der Waals surface area contributed by atoms with Crippen LogP contribution in [0.4, 0.5) is 0 Å². The number of hydrogen-bond acceptors (Lipinski definition) is 4. The zero-order valence-electron chi connectivity index (χ0n) is 15.5. The number of likely N-dealkylation sites (tertiary alicyclic amines) is 1. The zero-order chi connectivity index (χ0) is 18.9. The molecule has 1 atom stereocenters. The molecule has 1 aromatic carbocycles. The van der Waals surface area contributed by atoms with E-state index < -0.39 is 5.54 Å². The molecular formula is C21H24N4O2. The van der Waals surface area contributed by atoms with Crippen LogP contribution in [0.5, 0.6) is 0 Å². The zero-order valence-corrected chi connectivity index (χ0v) is 15.5. The van der Waals surface area contributed by atoms with Gasteiger partial charge in [0.1, 0.15) is 0 Å². The Kier molecular flexibility index (Phi) is 4.66. The summed E-state index contributed by atoms with van der Waals surface area (Å²) in [6, 6.07) is 11.5. The number of nitrogens with zero attached hydrogens (tertiary/aromatic N) is 3. The topological polar surface area (TPSA) is 65.5 Å². The quantitative estimate of drug-likeness (QED) is 0.908. The Bertz CT molecular complexity index is 854. The van der Waals surface area contributed by atoms with E-state index in [1.165, 1.54) is 5.56 Å². The summed E-state index contributed by atoms with van der Waals surface area (Å²) in [7, 11) is 0. The molecule has 2 aromatic rings. The molecule has 1 N–H and O–H groups in total. The first-order valence-corrected chi connectivity index (χ1v) is 9.38. The number of hydrazine groups is 1. The Morgan fingerprint density at radius 3 is 2.85 bits per heavy atom. The number of rotatable bonds is 3. The smallest absolute Gasteiger partial charge is 0.272 e. The second-order valence-electron chi connectivity index (χ2n) is 7.62. The van der Waals surface area contributed by atoms with Gasteiger partial charge in [0.2, 0.25) is 5.91 Å². The summed E-state index contributed by atoms with van der Waals surface area (Å²) >= 11 is 0. The Labute approximate surface area is 159 Å². The number of piperidine rings is 1. The summed E-state index contributed by atoms with van der Waals surface area (Å²) in [5.41, 5.74) is 5.18. The lowest BCUT2D eigenvalue weighted by molar-refractivity contribution is -0.120. The van der Waals surface area contributed by atoms with Crippen molar-refractivity contribution in [2.24, 2.45) is 0 Å². The second kappa shape index (κ2) is 7.12. The number of amides is 2. The van der Waals surface area contributed by atoms with Gasteiger partial charge in [0.05, 0.1) is 12.0 Å². The van der Waals surface area contributed by atoms with E-state index >= 15 is 0 Å². The first-order chi connectivity index (χ1) is 13.1. The van der Waals surface area contributed by atoms with Crippen LogP contribution >= 0.6 is 0 Å². The van der Waals surface area contributed by atoms with Gasteiger partial charge in [-0.2, -0.15) is 0 Å². The van der Waals surface area contributed by atoms with E-state index in [9.17, 15) is 9.59 Å². The van der Waals surface area contributed by atoms with Crippen molar-refractivity contribution in [3.05, 3.63) is 65.5 Å². The van der Waals surface area contributed by atoms with Crippen LogP contribution in [0, 0.1) is 6.92 Å². The highest BCUT2D eigenvalue weighted by atomic mass is 16.2. The molecule has 6 heteroatoms. The third kappa shape index (κ3) is 3.57. The normalized spacial score (nSPS) is 22.9. The van der Waals surface area contributed by atoms with Gasteiger partial charge in [-0.3, -0.25) is 24.9 Å². The minimum atomic E-state index is -0.483. The molecule has 3 heterocycles. The molecule has 0 bridgehead atoms. The summed E-state index contributed by atoms with van der Waals surface area (Å²) in [4.78, 5) is 31.8.